The molecule has 2 unspecified atom stereocenters. The van der Waals surface area contributed by atoms with Gasteiger partial charge in [0.25, 0.3) is 0 Å². The number of anilines is 2. The standard InChI is InChI=1S/C27H33FN6O2/c1-17-10-19-14-29-25(30-26(35)21-13-20(21)22-4-5-32(3)31-22)12-18(19)11-23(17)33-6-8-34(9-7-33)27(2)16-36-15-24(27)28/h4-5,10-12,14,20-21,24H,6-9,13,15-16H2,1-3H3,(H,29,30,35)/t20?,21?,24-,27+/m1/s1. The molecule has 190 valence electrons. The third-order valence-electron chi connectivity index (χ3n) is 8.21. The van der Waals surface area contributed by atoms with E-state index in [1.54, 1.807) is 4.68 Å². The van der Waals surface area contributed by atoms with Gasteiger partial charge in [-0.05, 0) is 55.5 Å². The topological polar surface area (TPSA) is 75.5 Å². The highest BCUT2D eigenvalue weighted by Crippen LogP contribution is 2.47. The van der Waals surface area contributed by atoms with Crippen molar-refractivity contribution in [3.8, 4) is 0 Å². The van der Waals surface area contributed by atoms with Crippen LogP contribution in [-0.4, -0.2) is 76.7 Å². The number of ether oxygens (including phenoxy) is 1. The molecule has 8 nitrogen and oxygen atoms in total. The minimum atomic E-state index is -0.942. The fourth-order valence-corrected chi connectivity index (χ4v) is 5.75. The number of rotatable bonds is 5. The molecule has 1 N–H and O–H groups in total. The van der Waals surface area contributed by atoms with E-state index in [2.05, 4.69) is 44.3 Å². The summed E-state index contributed by atoms with van der Waals surface area (Å²) in [5.74, 6) is 0.696. The molecule has 4 heterocycles. The minimum absolute atomic E-state index is 0.00323. The maximum atomic E-state index is 14.5. The second-order valence-electron chi connectivity index (χ2n) is 10.7. The van der Waals surface area contributed by atoms with Gasteiger partial charge >= 0.3 is 0 Å². The van der Waals surface area contributed by atoms with Crippen molar-refractivity contribution in [2.24, 2.45) is 13.0 Å². The van der Waals surface area contributed by atoms with Gasteiger partial charge in [0.1, 0.15) is 12.0 Å². The van der Waals surface area contributed by atoms with E-state index >= 15 is 0 Å². The molecule has 0 spiro atoms. The van der Waals surface area contributed by atoms with Gasteiger partial charge in [0, 0.05) is 68.5 Å². The van der Waals surface area contributed by atoms with Crippen molar-refractivity contribution in [3.05, 3.63) is 47.9 Å². The predicted octanol–water partition coefficient (Wildman–Crippen LogP) is 3.27. The van der Waals surface area contributed by atoms with E-state index < -0.39 is 11.7 Å². The number of aryl methyl sites for hydroxylation is 2. The molecule has 2 aromatic heterocycles. The number of halogens is 1. The van der Waals surface area contributed by atoms with Crippen molar-refractivity contribution < 1.29 is 13.9 Å². The zero-order valence-electron chi connectivity index (χ0n) is 21.1. The number of pyridine rings is 1. The lowest BCUT2D eigenvalue weighted by molar-refractivity contribution is -0.117. The number of nitrogens with one attached hydrogen (secondary N) is 1. The molecular weight excluding hydrogens is 459 g/mol. The van der Waals surface area contributed by atoms with Crippen LogP contribution < -0.4 is 10.2 Å². The Morgan fingerprint density at radius 2 is 2.00 bits per heavy atom. The molecule has 6 rings (SSSR count). The van der Waals surface area contributed by atoms with Crippen molar-refractivity contribution in [2.45, 2.75) is 37.9 Å². The first-order valence-corrected chi connectivity index (χ1v) is 12.7. The lowest BCUT2D eigenvalue weighted by atomic mass is 9.96. The number of alkyl halides is 1. The Balaban J connectivity index is 1.15. The Bertz CT molecular complexity index is 1300. The minimum Gasteiger partial charge on any atom is -0.376 e. The first kappa shape index (κ1) is 23.4. The van der Waals surface area contributed by atoms with Crippen LogP contribution in [-0.2, 0) is 16.6 Å². The van der Waals surface area contributed by atoms with Crippen LogP contribution in [0.2, 0.25) is 0 Å². The second kappa shape index (κ2) is 8.81. The zero-order chi connectivity index (χ0) is 25.0. The van der Waals surface area contributed by atoms with Crippen molar-refractivity contribution in [1.82, 2.24) is 19.7 Å². The number of carbonyl (C=O) groups excluding carboxylic acids is 1. The number of amides is 1. The molecule has 3 fully saturated rings. The van der Waals surface area contributed by atoms with Crippen LogP contribution in [0.15, 0.2) is 36.7 Å². The van der Waals surface area contributed by atoms with Crippen molar-refractivity contribution >= 4 is 28.2 Å². The third-order valence-corrected chi connectivity index (χ3v) is 8.21. The molecule has 0 radical (unpaired) electrons. The first-order chi connectivity index (χ1) is 17.3. The van der Waals surface area contributed by atoms with E-state index in [4.69, 9.17) is 4.74 Å². The third kappa shape index (κ3) is 4.14. The maximum absolute atomic E-state index is 14.5. The van der Waals surface area contributed by atoms with E-state index in [-0.39, 0.29) is 24.3 Å². The van der Waals surface area contributed by atoms with Gasteiger partial charge in [0.15, 0.2) is 0 Å². The smallest absolute Gasteiger partial charge is 0.229 e. The molecule has 2 saturated heterocycles. The van der Waals surface area contributed by atoms with E-state index in [1.165, 1.54) is 11.3 Å². The Morgan fingerprint density at radius 1 is 1.19 bits per heavy atom. The van der Waals surface area contributed by atoms with Gasteiger partial charge in [0.2, 0.25) is 5.91 Å². The molecule has 1 saturated carbocycles. The summed E-state index contributed by atoms with van der Waals surface area (Å²) in [6.45, 7) is 8.00. The fourth-order valence-electron chi connectivity index (χ4n) is 5.75. The molecule has 3 aromatic rings. The van der Waals surface area contributed by atoms with Crippen LogP contribution in [0.5, 0.6) is 0 Å². The van der Waals surface area contributed by atoms with Crippen LogP contribution in [0.3, 0.4) is 0 Å². The highest BCUT2D eigenvalue weighted by molar-refractivity contribution is 5.97. The Labute approximate surface area is 210 Å². The summed E-state index contributed by atoms with van der Waals surface area (Å²) in [5.41, 5.74) is 2.80. The van der Waals surface area contributed by atoms with Crippen LogP contribution in [0.25, 0.3) is 10.8 Å². The van der Waals surface area contributed by atoms with Crippen molar-refractivity contribution in [3.63, 3.8) is 0 Å². The van der Waals surface area contributed by atoms with Gasteiger partial charge in [-0.1, -0.05) is 0 Å². The number of piperazine rings is 1. The van der Waals surface area contributed by atoms with Gasteiger partial charge < -0.3 is 15.0 Å². The molecule has 1 aliphatic carbocycles. The van der Waals surface area contributed by atoms with E-state index in [9.17, 15) is 9.18 Å². The molecule has 0 bridgehead atoms. The number of benzene rings is 1. The van der Waals surface area contributed by atoms with E-state index in [0.29, 0.717) is 12.4 Å². The van der Waals surface area contributed by atoms with Gasteiger partial charge in [-0.15, -0.1) is 0 Å². The molecule has 1 aromatic carbocycles. The second-order valence-corrected chi connectivity index (χ2v) is 10.7. The fraction of sp³-hybridized carbons (Fsp3) is 0.519. The van der Waals surface area contributed by atoms with Gasteiger partial charge in [-0.25, -0.2) is 9.37 Å². The molecule has 36 heavy (non-hydrogen) atoms. The average Bonchev–Trinajstić information content (AvgIpc) is 3.44. The summed E-state index contributed by atoms with van der Waals surface area (Å²) in [5, 5.41) is 9.53. The number of hydrogen-bond acceptors (Lipinski definition) is 6. The van der Waals surface area contributed by atoms with Crippen LogP contribution in [0.1, 0.15) is 30.5 Å². The summed E-state index contributed by atoms with van der Waals surface area (Å²) in [7, 11) is 1.89. The molecule has 3 aliphatic rings. The van der Waals surface area contributed by atoms with Gasteiger partial charge in [-0.3, -0.25) is 14.4 Å². The molecule has 1 amide bonds. The number of hydrogen-bond donors (Lipinski definition) is 1. The highest BCUT2D eigenvalue weighted by Gasteiger charge is 2.46. The van der Waals surface area contributed by atoms with Crippen LogP contribution in [0.4, 0.5) is 15.9 Å². The molecular formula is C27H33FN6O2. The molecule has 9 heteroatoms. The van der Waals surface area contributed by atoms with Crippen LogP contribution in [0, 0.1) is 12.8 Å². The summed E-state index contributed by atoms with van der Waals surface area (Å²) in [6, 6.07) is 8.27. The SMILES string of the molecule is Cc1cc2cnc(NC(=O)C3CC3c3ccn(C)n3)cc2cc1N1CCN([C@@]2(C)COC[C@H]2F)CC1. The summed E-state index contributed by atoms with van der Waals surface area (Å²) in [6.07, 6.45) is 3.61. The monoisotopic (exact) mass is 492 g/mol. The van der Waals surface area contributed by atoms with Gasteiger partial charge in [-0.2, -0.15) is 5.10 Å². The van der Waals surface area contributed by atoms with E-state index in [1.807, 2.05) is 38.5 Å². The van der Waals surface area contributed by atoms with Gasteiger partial charge in [0.05, 0.1) is 24.4 Å². The number of fused-ring (bicyclic) bond motifs is 1. The lowest BCUT2D eigenvalue weighted by Crippen LogP contribution is -2.59. The Hall–Kier alpha value is -3.04. The number of nitrogens with zero attached hydrogens (tertiary/aromatic N) is 5. The number of aromatic nitrogens is 3. The van der Waals surface area contributed by atoms with Crippen molar-refractivity contribution in [1.29, 1.82) is 0 Å². The largest absolute Gasteiger partial charge is 0.376 e. The quantitative estimate of drug-likeness (QED) is 0.589. The summed E-state index contributed by atoms with van der Waals surface area (Å²) < 4.78 is 21.7. The predicted molar refractivity (Wildman–Crippen MR) is 137 cm³/mol. The molecule has 4 atom stereocenters. The molecule has 2 aliphatic heterocycles. The van der Waals surface area contributed by atoms with Crippen molar-refractivity contribution in [2.75, 3.05) is 49.6 Å². The number of carbonyl (C=O) groups is 1. The Morgan fingerprint density at radius 3 is 2.69 bits per heavy atom. The zero-order valence-corrected chi connectivity index (χ0v) is 21.1. The summed E-state index contributed by atoms with van der Waals surface area (Å²) in [4.78, 5) is 21.9. The highest BCUT2D eigenvalue weighted by atomic mass is 19.1. The normalized spacial score (nSPS) is 28.6. The Kier molecular flexibility index (Phi) is 5.72. The lowest BCUT2D eigenvalue weighted by Gasteiger charge is -2.45. The summed E-state index contributed by atoms with van der Waals surface area (Å²) >= 11 is 0. The first-order valence-electron chi connectivity index (χ1n) is 12.7. The van der Waals surface area contributed by atoms with E-state index in [0.717, 1.165) is 49.1 Å². The maximum Gasteiger partial charge on any atom is 0.229 e. The average molecular weight is 493 g/mol. The van der Waals surface area contributed by atoms with Crippen LogP contribution >= 0.6 is 0 Å².